The van der Waals surface area contributed by atoms with Gasteiger partial charge in [-0.1, -0.05) is 18.2 Å². The van der Waals surface area contributed by atoms with Crippen molar-refractivity contribution in [1.29, 1.82) is 0 Å². The van der Waals surface area contributed by atoms with E-state index in [2.05, 4.69) is 20.0 Å². The third-order valence-corrected chi connectivity index (χ3v) is 8.80. The number of halogens is 2. The van der Waals surface area contributed by atoms with Gasteiger partial charge in [0, 0.05) is 14.1 Å². The Morgan fingerprint density at radius 3 is 2.63 bits per heavy atom. The van der Waals surface area contributed by atoms with Gasteiger partial charge in [0.05, 0.1) is 12.9 Å². The summed E-state index contributed by atoms with van der Waals surface area (Å²) in [6.07, 6.45) is -2.74. The van der Waals surface area contributed by atoms with Crippen LogP contribution in [0.1, 0.15) is 32.8 Å². The Hall–Kier alpha value is -2.81. The van der Waals surface area contributed by atoms with E-state index in [-0.39, 0.29) is 18.0 Å². The summed E-state index contributed by atoms with van der Waals surface area (Å²) in [6, 6.07) is 7.33. The topological polar surface area (TPSA) is 133 Å². The van der Waals surface area contributed by atoms with Gasteiger partial charge in [0.1, 0.15) is 24.2 Å². The number of carbonyl (C=O) groups excluding carboxylic acids is 1. The van der Waals surface area contributed by atoms with Crippen LogP contribution in [-0.2, 0) is 30.6 Å². The molecule has 1 fully saturated rings. The number of aryl methyl sites for hydroxylation is 1. The molecule has 224 valence electrons. The summed E-state index contributed by atoms with van der Waals surface area (Å²) in [7, 11) is 3.52. The minimum absolute atomic E-state index is 0.127. The molecule has 3 heterocycles. The van der Waals surface area contributed by atoms with Crippen molar-refractivity contribution in [2.24, 2.45) is 0 Å². The summed E-state index contributed by atoms with van der Waals surface area (Å²) in [4.78, 5) is 27.0. The lowest BCUT2D eigenvalue weighted by molar-refractivity contribution is -0.202. The van der Waals surface area contributed by atoms with Crippen molar-refractivity contribution in [3.05, 3.63) is 42.5 Å². The van der Waals surface area contributed by atoms with Crippen LogP contribution in [0.4, 0.5) is 14.6 Å². The minimum Gasteiger partial charge on any atom is -0.465 e. The first-order chi connectivity index (χ1) is 19.2. The van der Waals surface area contributed by atoms with Crippen molar-refractivity contribution in [2.75, 3.05) is 32.2 Å². The van der Waals surface area contributed by atoms with Crippen molar-refractivity contribution in [2.45, 2.75) is 57.6 Å². The maximum Gasteiger partial charge on any atom is 0.323 e. The summed E-state index contributed by atoms with van der Waals surface area (Å²) < 4.78 is 55.7. The number of benzene rings is 1. The highest BCUT2D eigenvalue weighted by Crippen LogP contribution is 2.52. The number of aliphatic hydroxyl groups is 1. The van der Waals surface area contributed by atoms with E-state index in [1.807, 2.05) is 0 Å². The number of hydrogen-bond donors (Lipinski definition) is 2. The van der Waals surface area contributed by atoms with Gasteiger partial charge in [-0.15, -0.1) is 0 Å². The molecule has 0 aliphatic carbocycles. The van der Waals surface area contributed by atoms with Crippen molar-refractivity contribution >= 4 is 41.4 Å². The van der Waals surface area contributed by atoms with Gasteiger partial charge in [0.2, 0.25) is 0 Å². The Labute approximate surface area is 241 Å². The first-order valence-electron chi connectivity index (χ1n) is 12.8. The molecule has 1 aromatic carbocycles. The minimum atomic E-state index is -3.70. The SMILES string of the molecule is CCOC(=O)[C@@H](C)NP(=S)(OC[C@@]1(F)O[C@@H](n2cnc3c(N(C)C)nc(C)nc32)[C@](C)(F)[C@@H]1O)Oc1ccccc1. The summed E-state index contributed by atoms with van der Waals surface area (Å²) in [5.74, 6) is -2.58. The van der Waals surface area contributed by atoms with Crippen molar-refractivity contribution < 1.29 is 37.2 Å². The van der Waals surface area contributed by atoms with E-state index in [0.717, 1.165) is 6.92 Å². The lowest BCUT2D eigenvalue weighted by Crippen LogP contribution is -2.47. The summed E-state index contributed by atoms with van der Waals surface area (Å²) in [6.45, 7) is 1.19. The molecule has 1 aliphatic heterocycles. The van der Waals surface area contributed by atoms with E-state index in [0.29, 0.717) is 17.2 Å². The number of hydrogen-bond acceptors (Lipinski definition) is 11. The molecule has 0 saturated carbocycles. The number of fused-ring (bicyclic) bond motifs is 1. The molecule has 0 radical (unpaired) electrons. The number of imidazole rings is 1. The Morgan fingerprint density at radius 2 is 2.00 bits per heavy atom. The molecule has 1 saturated heterocycles. The molecule has 1 unspecified atom stereocenters. The zero-order chi connectivity index (χ0) is 30.2. The van der Waals surface area contributed by atoms with Crippen molar-refractivity contribution in [3.8, 4) is 5.75 Å². The highest BCUT2D eigenvalue weighted by Gasteiger charge is 2.65. The summed E-state index contributed by atoms with van der Waals surface area (Å²) in [5.41, 5.74) is -2.13. The smallest absolute Gasteiger partial charge is 0.323 e. The highest BCUT2D eigenvalue weighted by atomic mass is 32.5. The fourth-order valence-corrected chi connectivity index (χ4v) is 6.69. The highest BCUT2D eigenvalue weighted by molar-refractivity contribution is 8.09. The molecule has 2 N–H and O–H groups in total. The number of aromatic nitrogens is 4. The van der Waals surface area contributed by atoms with Crippen molar-refractivity contribution in [3.63, 3.8) is 0 Å². The molecule has 41 heavy (non-hydrogen) atoms. The molecule has 6 atom stereocenters. The van der Waals surface area contributed by atoms with E-state index in [9.17, 15) is 9.90 Å². The molecule has 2 aromatic heterocycles. The van der Waals surface area contributed by atoms with Gasteiger partial charge in [0.15, 0.2) is 35.0 Å². The van der Waals surface area contributed by atoms with Crippen LogP contribution >= 0.6 is 6.64 Å². The van der Waals surface area contributed by atoms with Crippen LogP contribution in [0.3, 0.4) is 0 Å². The molecular formula is C25H33F2N6O6PS. The second-order valence-corrected chi connectivity index (χ2v) is 13.0. The molecule has 1 aliphatic rings. The normalized spacial score (nSPS) is 26.5. The van der Waals surface area contributed by atoms with Crippen molar-refractivity contribution in [1.82, 2.24) is 24.6 Å². The maximum absolute atomic E-state index is 16.3. The number of rotatable bonds is 11. The third kappa shape index (κ3) is 6.35. The first-order valence-corrected chi connectivity index (χ1v) is 15.4. The van der Waals surface area contributed by atoms with Crippen LogP contribution in [0, 0.1) is 6.92 Å². The van der Waals surface area contributed by atoms with Crippen LogP contribution in [0.25, 0.3) is 11.2 Å². The van der Waals surface area contributed by atoms with Gasteiger partial charge in [-0.2, -0.15) is 0 Å². The second kappa shape index (κ2) is 11.8. The van der Waals surface area contributed by atoms with Gasteiger partial charge in [-0.25, -0.2) is 28.8 Å². The van der Waals surface area contributed by atoms with Gasteiger partial charge < -0.3 is 28.5 Å². The number of alkyl halides is 2. The van der Waals surface area contributed by atoms with E-state index in [1.54, 1.807) is 63.2 Å². The zero-order valence-corrected chi connectivity index (χ0v) is 25.2. The number of aliphatic hydroxyl groups excluding tert-OH is 1. The van der Waals surface area contributed by atoms with Crippen LogP contribution in [0.2, 0.25) is 0 Å². The second-order valence-electron chi connectivity index (χ2n) is 9.90. The molecule has 0 spiro atoms. The third-order valence-electron chi connectivity index (χ3n) is 6.32. The monoisotopic (exact) mass is 614 g/mol. The average molecular weight is 615 g/mol. The van der Waals surface area contributed by atoms with E-state index >= 15 is 8.78 Å². The Bertz CT molecular complexity index is 1450. The van der Waals surface area contributed by atoms with Gasteiger partial charge in [0.25, 0.3) is 5.85 Å². The summed E-state index contributed by atoms with van der Waals surface area (Å²) in [5, 5.41) is 13.6. The molecule has 16 heteroatoms. The number of nitrogens with one attached hydrogen (secondary N) is 1. The van der Waals surface area contributed by atoms with Gasteiger partial charge in [-0.3, -0.25) is 9.36 Å². The molecule has 0 amide bonds. The average Bonchev–Trinajstić information content (AvgIpc) is 3.40. The van der Waals surface area contributed by atoms with Crippen LogP contribution in [0.5, 0.6) is 5.75 Å². The number of para-hydroxylation sites is 1. The maximum atomic E-state index is 16.3. The largest absolute Gasteiger partial charge is 0.465 e. The number of anilines is 1. The number of ether oxygens (including phenoxy) is 2. The van der Waals surface area contributed by atoms with Gasteiger partial charge >= 0.3 is 12.6 Å². The predicted molar refractivity (Wildman–Crippen MR) is 150 cm³/mol. The van der Waals surface area contributed by atoms with E-state index < -0.39 is 49.1 Å². The fourth-order valence-electron chi connectivity index (χ4n) is 4.29. The molecule has 0 bridgehead atoms. The number of nitrogens with zero attached hydrogens (tertiary/aromatic N) is 5. The quantitative estimate of drug-likeness (QED) is 0.242. The molecule has 12 nitrogen and oxygen atoms in total. The first kappa shape index (κ1) is 31.1. The summed E-state index contributed by atoms with van der Waals surface area (Å²) >= 11 is 5.58. The van der Waals surface area contributed by atoms with E-state index in [4.69, 9.17) is 30.3 Å². The van der Waals surface area contributed by atoms with Gasteiger partial charge in [-0.05, 0) is 51.6 Å². The van der Waals surface area contributed by atoms with Crippen LogP contribution < -0.4 is 14.5 Å². The number of carbonyl (C=O) groups is 1. The lowest BCUT2D eigenvalue weighted by Gasteiger charge is -2.30. The molecular weight excluding hydrogens is 581 g/mol. The molecule has 3 aromatic rings. The van der Waals surface area contributed by atoms with Crippen LogP contribution in [0.15, 0.2) is 36.7 Å². The standard InChI is InChI=1S/C25H33F2N6O6PS/c1-7-36-21(34)15(2)31-40(41,39-17-11-9-8-10-12-17)37-13-25(27)22(35)24(4,26)23(38-25)33-14-28-18-19(32(5)6)29-16(3)30-20(18)33/h8-12,14-15,22-23,35H,7,13H2,1-6H3,(H,31,41)/t15-,22+,23-,24-,25-,40?/m1/s1. The Balaban J connectivity index is 1.63. The van der Waals surface area contributed by atoms with Crippen LogP contribution in [-0.4, -0.2) is 81.6 Å². The zero-order valence-electron chi connectivity index (χ0n) is 23.4. The van der Waals surface area contributed by atoms with E-state index in [1.165, 1.54) is 17.8 Å². The predicted octanol–water partition coefficient (Wildman–Crippen LogP) is 3.35. The Morgan fingerprint density at radius 1 is 1.32 bits per heavy atom. The lowest BCUT2D eigenvalue weighted by atomic mass is 9.97. The fraction of sp³-hybridized carbons (Fsp3) is 0.520. The number of esters is 1. The molecule has 4 rings (SSSR count). The Kier molecular flexibility index (Phi) is 8.98.